The zero-order valence-electron chi connectivity index (χ0n) is 11.2. The number of nitrogens with zero attached hydrogens (tertiary/aromatic N) is 1. The summed E-state index contributed by atoms with van der Waals surface area (Å²) in [5.41, 5.74) is 3.61. The van der Waals surface area contributed by atoms with Crippen LogP contribution in [0.15, 0.2) is 0 Å². The Morgan fingerprint density at radius 2 is 1.88 bits per heavy atom. The van der Waals surface area contributed by atoms with Gasteiger partial charge in [0, 0.05) is 23.8 Å². The molecule has 92 valence electrons. The minimum Gasteiger partial charge on any atom is -0.310 e. The smallest absolute Gasteiger partial charge is 0.0638 e. The molecule has 1 atom stereocenters. The lowest BCUT2D eigenvalue weighted by molar-refractivity contribution is 0.352. The van der Waals surface area contributed by atoms with Gasteiger partial charge < -0.3 is 5.32 Å². The van der Waals surface area contributed by atoms with E-state index in [-0.39, 0.29) is 0 Å². The number of nitrogens with one attached hydrogen (secondary N) is 2. The third-order valence-electron chi connectivity index (χ3n) is 3.64. The van der Waals surface area contributed by atoms with Crippen LogP contribution in [0.5, 0.6) is 0 Å². The highest BCUT2D eigenvalue weighted by Crippen LogP contribution is 2.14. The van der Waals surface area contributed by atoms with Crippen LogP contribution in [0, 0.1) is 19.8 Å². The summed E-state index contributed by atoms with van der Waals surface area (Å²) in [6.45, 7) is 11.9. The fourth-order valence-corrected chi connectivity index (χ4v) is 2.26. The highest BCUT2D eigenvalue weighted by molar-refractivity contribution is 5.22. The number of hydrogen-bond donors (Lipinski definition) is 2. The molecule has 0 saturated carbocycles. The molecule has 3 nitrogen and oxygen atoms in total. The lowest BCUT2D eigenvalue weighted by atomic mass is 9.95. The molecule has 0 aliphatic carbocycles. The van der Waals surface area contributed by atoms with Crippen molar-refractivity contribution in [3.8, 4) is 0 Å². The maximum atomic E-state index is 4.21. The average molecular weight is 223 g/mol. The van der Waals surface area contributed by atoms with Crippen molar-refractivity contribution in [3.63, 3.8) is 0 Å². The molecular weight excluding hydrogens is 198 g/mol. The van der Waals surface area contributed by atoms with Gasteiger partial charge in [-0.05, 0) is 26.7 Å². The second-order valence-corrected chi connectivity index (χ2v) is 4.66. The quantitative estimate of drug-likeness (QED) is 0.778. The fourth-order valence-electron chi connectivity index (χ4n) is 2.26. The molecule has 0 aliphatic heterocycles. The van der Waals surface area contributed by atoms with E-state index in [0.717, 1.165) is 18.2 Å². The molecule has 0 aromatic carbocycles. The molecule has 1 aromatic heterocycles. The van der Waals surface area contributed by atoms with Gasteiger partial charge in [0.2, 0.25) is 0 Å². The molecule has 16 heavy (non-hydrogen) atoms. The first-order valence-electron chi connectivity index (χ1n) is 6.33. The van der Waals surface area contributed by atoms with E-state index in [1.807, 2.05) is 0 Å². The van der Waals surface area contributed by atoms with Crippen LogP contribution >= 0.6 is 0 Å². The third-order valence-corrected chi connectivity index (χ3v) is 3.64. The predicted octanol–water partition coefficient (Wildman–Crippen LogP) is 2.94. The Bertz CT molecular complexity index is 293. The van der Waals surface area contributed by atoms with E-state index in [1.165, 1.54) is 24.1 Å². The second-order valence-electron chi connectivity index (χ2n) is 4.66. The Hall–Kier alpha value is -0.830. The summed E-state index contributed by atoms with van der Waals surface area (Å²) in [5.74, 6) is 0.771. The standard InChI is InChI=1S/C13H25N3/c1-6-12(7-2)9(3)14-8-13-10(4)15-16-11(13)5/h9,12,14H,6-8H2,1-5H3,(H,15,16). The van der Waals surface area contributed by atoms with E-state index in [9.17, 15) is 0 Å². The largest absolute Gasteiger partial charge is 0.310 e. The third kappa shape index (κ3) is 3.08. The van der Waals surface area contributed by atoms with Crippen molar-refractivity contribution < 1.29 is 0 Å². The van der Waals surface area contributed by atoms with Crippen molar-refractivity contribution in [1.82, 2.24) is 15.5 Å². The van der Waals surface area contributed by atoms with Crippen molar-refractivity contribution in [2.45, 2.75) is 60.0 Å². The molecule has 1 aromatic rings. The van der Waals surface area contributed by atoms with Crippen LogP contribution in [0.4, 0.5) is 0 Å². The molecule has 0 amide bonds. The molecule has 0 radical (unpaired) electrons. The Kier molecular flexibility index (Phi) is 5.00. The number of hydrogen-bond acceptors (Lipinski definition) is 2. The molecule has 0 spiro atoms. The van der Waals surface area contributed by atoms with E-state index in [4.69, 9.17) is 0 Å². The first-order chi connectivity index (χ1) is 7.60. The second kappa shape index (κ2) is 6.04. The lowest BCUT2D eigenvalue weighted by Gasteiger charge is -2.22. The summed E-state index contributed by atoms with van der Waals surface area (Å²) in [7, 11) is 0. The van der Waals surface area contributed by atoms with Crippen LogP contribution in [0.3, 0.4) is 0 Å². The normalized spacial score (nSPS) is 13.4. The number of H-pyrrole nitrogens is 1. The number of rotatable bonds is 6. The molecule has 0 bridgehead atoms. The van der Waals surface area contributed by atoms with Crippen LogP contribution < -0.4 is 5.32 Å². The Morgan fingerprint density at radius 3 is 2.31 bits per heavy atom. The fraction of sp³-hybridized carbons (Fsp3) is 0.769. The van der Waals surface area contributed by atoms with E-state index in [0.29, 0.717) is 6.04 Å². The molecule has 0 saturated heterocycles. The summed E-state index contributed by atoms with van der Waals surface area (Å²) in [5, 5.41) is 10.9. The molecule has 1 unspecified atom stereocenters. The van der Waals surface area contributed by atoms with E-state index in [1.54, 1.807) is 0 Å². The molecule has 0 aliphatic rings. The zero-order chi connectivity index (χ0) is 12.1. The maximum Gasteiger partial charge on any atom is 0.0638 e. The Morgan fingerprint density at radius 1 is 1.25 bits per heavy atom. The van der Waals surface area contributed by atoms with Crippen molar-refractivity contribution in [2.75, 3.05) is 0 Å². The summed E-state index contributed by atoms with van der Waals surface area (Å²) in [6, 6.07) is 0.573. The zero-order valence-corrected chi connectivity index (χ0v) is 11.2. The molecule has 0 fully saturated rings. The Labute approximate surface area is 99.0 Å². The van der Waals surface area contributed by atoms with Gasteiger partial charge in [0.15, 0.2) is 0 Å². The van der Waals surface area contributed by atoms with Crippen molar-refractivity contribution >= 4 is 0 Å². The predicted molar refractivity (Wildman–Crippen MR) is 68.4 cm³/mol. The van der Waals surface area contributed by atoms with E-state index >= 15 is 0 Å². The van der Waals surface area contributed by atoms with Crippen LogP contribution in [0.1, 0.15) is 50.6 Å². The lowest BCUT2D eigenvalue weighted by Crippen LogP contribution is -2.32. The first kappa shape index (κ1) is 13.2. The van der Waals surface area contributed by atoms with Gasteiger partial charge in [-0.2, -0.15) is 5.10 Å². The molecule has 1 rings (SSSR count). The minimum absolute atomic E-state index is 0.573. The SMILES string of the molecule is CCC(CC)C(C)NCc1c(C)n[nH]c1C. The number of aromatic nitrogens is 2. The molecular formula is C13H25N3. The van der Waals surface area contributed by atoms with E-state index in [2.05, 4.69) is 50.1 Å². The van der Waals surface area contributed by atoms with Crippen LogP contribution in [0.2, 0.25) is 0 Å². The van der Waals surface area contributed by atoms with Crippen molar-refractivity contribution in [3.05, 3.63) is 17.0 Å². The van der Waals surface area contributed by atoms with Crippen LogP contribution in [-0.4, -0.2) is 16.2 Å². The summed E-state index contributed by atoms with van der Waals surface area (Å²) < 4.78 is 0. The van der Waals surface area contributed by atoms with Gasteiger partial charge >= 0.3 is 0 Å². The van der Waals surface area contributed by atoms with Gasteiger partial charge in [-0.1, -0.05) is 26.7 Å². The molecule has 1 heterocycles. The highest BCUT2D eigenvalue weighted by Gasteiger charge is 2.14. The summed E-state index contributed by atoms with van der Waals surface area (Å²) in [4.78, 5) is 0. The van der Waals surface area contributed by atoms with Gasteiger partial charge in [0.25, 0.3) is 0 Å². The van der Waals surface area contributed by atoms with Crippen LogP contribution in [0.25, 0.3) is 0 Å². The number of aryl methyl sites for hydroxylation is 2. The van der Waals surface area contributed by atoms with Crippen molar-refractivity contribution in [1.29, 1.82) is 0 Å². The molecule has 3 heteroatoms. The topological polar surface area (TPSA) is 40.7 Å². The van der Waals surface area contributed by atoms with Gasteiger partial charge in [0.1, 0.15) is 0 Å². The molecule has 2 N–H and O–H groups in total. The van der Waals surface area contributed by atoms with Crippen molar-refractivity contribution in [2.24, 2.45) is 5.92 Å². The average Bonchev–Trinajstić information content (AvgIpc) is 2.58. The maximum absolute atomic E-state index is 4.21. The number of aromatic amines is 1. The summed E-state index contributed by atoms with van der Waals surface area (Å²) >= 11 is 0. The van der Waals surface area contributed by atoms with Gasteiger partial charge in [-0.15, -0.1) is 0 Å². The highest BCUT2D eigenvalue weighted by atomic mass is 15.1. The van der Waals surface area contributed by atoms with Gasteiger partial charge in [0.05, 0.1) is 5.69 Å². The van der Waals surface area contributed by atoms with Gasteiger partial charge in [-0.3, -0.25) is 5.10 Å². The minimum atomic E-state index is 0.573. The van der Waals surface area contributed by atoms with E-state index < -0.39 is 0 Å². The monoisotopic (exact) mass is 223 g/mol. The van der Waals surface area contributed by atoms with Crippen LogP contribution in [-0.2, 0) is 6.54 Å². The first-order valence-corrected chi connectivity index (χ1v) is 6.33. The Balaban J connectivity index is 2.51. The van der Waals surface area contributed by atoms with Gasteiger partial charge in [-0.25, -0.2) is 0 Å². The summed E-state index contributed by atoms with van der Waals surface area (Å²) in [6.07, 6.45) is 2.49.